The highest BCUT2D eigenvalue weighted by Crippen LogP contribution is 2.30. The fraction of sp³-hybridized carbons (Fsp3) is 0.750. The van der Waals surface area contributed by atoms with Crippen LogP contribution in [0.25, 0.3) is 0 Å². The van der Waals surface area contributed by atoms with Crippen LogP contribution < -0.4 is 5.32 Å². The van der Waals surface area contributed by atoms with Crippen LogP contribution in [0.15, 0.2) is 12.5 Å². The maximum atomic E-state index is 4.01. The normalized spacial score (nSPS) is 18.7. The second-order valence-electron chi connectivity index (χ2n) is 4.71. The van der Waals surface area contributed by atoms with E-state index < -0.39 is 0 Å². The molecule has 1 fully saturated rings. The predicted molar refractivity (Wildman–Crippen MR) is 61.7 cm³/mol. The molecule has 0 radical (unpaired) electrons. The predicted octanol–water partition coefficient (Wildman–Crippen LogP) is 2.12. The number of imidazole rings is 1. The van der Waals surface area contributed by atoms with E-state index in [2.05, 4.69) is 22.2 Å². The highest BCUT2D eigenvalue weighted by molar-refractivity contribution is 4.94. The summed E-state index contributed by atoms with van der Waals surface area (Å²) in [6, 6.07) is 0.665. The van der Waals surface area contributed by atoms with Crippen LogP contribution in [-0.2, 0) is 6.42 Å². The van der Waals surface area contributed by atoms with Gasteiger partial charge in [0, 0.05) is 30.9 Å². The molecule has 1 atom stereocenters. The first-order valence-corrected chi connectivity index (χ1v) is 6.05. The van der Waals surface area contributed by atoms with Gasteiger partial charge in [-0.1, -0.05) is 19.3 Å². The van der Waals surface area contributed by atoms with E-state index >= 15 is 0 Å². The number of nitrogens with one attached hydrogen (secondary N) is 2. The lowest BCUT2D eigenvalue weighted by Gasteiger charge is -2.28. The summed E-state index contributed by atoms with van der Waals surface area (Å²) in [4.78, 5) is 7.13. The van der Waals surface area contributed by atoms with Crippen molar-refractivity contribution in [2.75, 3.05) is 6.54 Å². The van der Waals surface area contributed by atoms with Crippen molar-refractivity contribution in [3.63, 3.8) is 0 Å². The number of nitrogens with zero attached hydrogens (tertiary/aromatic N) is 1. The zero-order valence-corrected chi connectivity index (χ0v) is 9.50. The summed E-state index contributed by atoms with van der Waals surface area (Å²) in [6.45, 7) is 3.35. The molecular weight excluding hydrogens is 186 g/mol. The molecule has 0 bridgehead atoms. The first-order chi connectivity index (χ1) is 7.34. The summed E-state index contributed by atoms with van der Waals surface area (Å²) in [5.41, 5.74) is 1.22. The molecule has 3 nitrogen and oxygen atoms in total. The number of aromatic amines is 1. The quantitative estimate of drug-likeness (QED) is 0.750. The largest absolute Gasteiger partial charge is 0.348 e. The molecule has 1 aliphatic rings. The molecule has 84 valence electrons. The van der Waals surface area contributed by atoms with Crippen LogP contribution in [0.4, 0.5) is 0 Å². The molecule has 1 unspecified atom stereocenters. The van der Waals surface area contributed by atoms with Gasteiger partial charge in [-0.15, -0.1) is 0 Å². The van der Waals surface area contributed by atoms with Gasteiger partial charge < -0.3 is 10.3 Å². The second kappa shape index (κ2) is 5.31. The molecule has 3 heteroatoms. The molecular formula is C12H21N3. The number of rotatable bonds is 6. The number of hydrogen-bond acceptors (Lipinski definition) is 2. The van der Waals surface area contributed by atoms with Crippen LogP contribution in [0.1, 0.15) is 38.3 Å². The van der Waals surface area contributed by atoms with Crippen LogP contribution in [0.5, 0.6) is 0 Å². The minimum atomic E-state index is 0.665. The molecule has 0 spiro atoms. The summed E-state index contributed by atoms with van der Waals surface area (Å²) in [5, 5.41) is 3.57. The smallest absolute Gasteiger partial charge is 0.0921 e. The second-order valence-corrected chi connectivity index (χ2v) is 4.71. The Balaban J connectivity index is 1.56. The molecule has 2 N–H and O–H groups in total. The van der Waals surface area contributed by atoms with Gasteiger partial charge >= 0.3 is 0 Å². The molecule has 0 amide bonds. The van der Waals surface area contributed by atoms with Gasteiger partial charge in [0.25, 0.3) is 0 Å². The van der Waals surface area contributed by atoms with Crippen molar-refractivity contribution >= 4 is 0 Å². The zero-order valence-electron chi connectivity index (χ0n) is 9.50. The summed E-state index contributed by atoms with van der Waals surface area (Å²) in [6.07, 6.45) is 10.4. The third-order valence-electron chi connectivity index (χ3n) is 3.35. The Hall–Kier alpha value is -0.830. The van der Waals surface area contributed by atoms with E-state index in [0.717, 1.165) is 18.9 Å². The lowest BCUT2D eigenvalue weighted by atomic mass is 9.81. The topological polar surface area (TPSA) is 40.7 Å². The summed E-state index contributed by atoms with van der Waals surface area (Å²) >= 11 is 0. The molecule has 0 aliphatic heterocycles. The SMILES string of the molecule is CC(CC1CCC1)NCCc1cnc[nH]1. The van der Waals surface area contributed by atoms with E-state index in [1.807, 2.05) is 6.20 Å². The van der Waals surface area contributed by atoms with E-state index in [0.29, 0.717) is 6.04 Å². The lowest BCUT2D eigenvalue weighted by Crippen LogP contribution is -2.31. The van der Waals surface area contributed by atoms with E-state index in [4.69, 9.17) is 0 Å². The number of hydrogen-bond donors (Lipinski definition) is 2. The third kappa shape index (κ3) is 3.34. The first-order valence-electron chi connectivity index (χ1n) is 6.05. The van der Waals surface area contributed by atoms with Crippen molar-refractivity contribution in [1.82, 2.24) is 15.3 Å². The highest BCUT2D eigenvalue weighted by Gasteiger charge is 2.19. The third-order valence-corrected chi connectivity index (χ3v) is 3.35. The number of aromatic nitrogens is 2. The summed E-state index contributed by atoms with van der Waals surface area (Å²) in [7, 11) is 0. The van der Waals surface area contributed by atoms with Gasteiger partial charge in [0.2, 0.25) is 0 Å². The number of H-pyrrole nitrogens is 1. The van der Waals surface area contributed by atoms with E-state index in [1.54, 1.807) is 6.33 Å². The molecule has 1 heterocycles. The van der Waals surface area contributed by atoms with Crippen molar-refractivity contribution < 1.29 is 0 Å². The summed E-state index contributed by atoms with van der Waals surface area (Å²) < 4.78 is 0. The van der Waals surface area contributed by atoms with Gasteiger partial charge in [-0.2, -0.15) is 0 Å². The van der Waals surface area contributed by atoms with Gasteiger partial charge in [0.05, 0.1) is 6.33 Å². The highest BCUT2D eigenvalue weighted by atomic mass is 14.9. The molecule has 15 heavy (non-hydrogen) atoms. The Morgan fingerprint density at radius 2 is 2.47 bits per heavy atom. The van der Waals surface area contributed by atoms with E-state index in [9.17, 15) is 0 Å². The van der Waals surface area contributed by atoms with Crippen LogP contribution in [-0.4, -0.2) is 22.6 Å². The monoisotopic (exact) mass is 207 g/mol. The Morgan fingerprint density at radius 1 is 1.60 bits per heavy atom. The van der Waals surface area contributed by atoms with Crippen LogP contribution >= 0.6 is 0 Å². The Kier molecular flexibility index (Phi) is 3.78. The average molecular weight is 207 g/mol. The molecule has 1 aromatic rings. The van der Waals surface area contributed by atoms with Crippen LogP contribution in [0.3, 0.4) is 0 Å². The minimum Gasteiger partial charge on any atom is -0.348 e. The molecule has 2 rings (SSSR count). The van der Waals surface area contributed by atoms with Crippen LogP contribution in [0.2, 0.25) is 0 Å². The molecule has 1 saturated carbocycles. The van der Waals surface area contributed by atoms with Crippen molar-refractivity contribution in [1.29, 1.82) is 0 Å². The first kappa shape index (κ1) is 10.7. The molecule has 1 aliphatic carbocycles. The van der Waals surface area contributed by atoms with Gasteiger partial charge in [-0.25, -0.2) is 4.98 Å². The molecule has 1 aromatic heterocycles. The fourth-order valence-corrected chi connectivity index (χ4v) is 2.19. The molecule has 0 aromatic carbocycles. The van der Waals surface area contributed by atoms with Gasteiger partial charge in [-0.05, 0) is 19.3 Å². The van der Waals surface area contributed by atoms with Gasteiger partial charge in [-0.3, -0.25) is 0 Å². The Morgan fingerprint density at radius 3 is 3.07 bits per heavy atom. The van der Waals surface area contributed by atoms with Gasteiger partial charge in [0.1, 0.15) is 0 Å². The molecule has 0 saturated heterocycles. The van der Waals surface area contributed by atoms with Crippen molar-refractivity contribution in [2.45, 2.75) is 45.1 Å². The van der Waals surface area contributed by atoms with E-state index in [-0.39, 0.29) is 0 Å². The van der Waals surface area contributed by atoms with Crippen LogP contribution in [0, 0.1) is 5.92 Å². The maximum absolute atomic E-state index is 4.01. The lowest BCUT2D eigenvalue weighted by molar-refractivity contribution is 0.266. The maximum Gasteiger partial charge on any atom is 0.0921 e. The standard InChI is InChI=1S/C12H21N3/c1-10(7-11-3-2-4-11)14-6-5-12-8-13-9-15-12/h8-11,14H,2-7H2,1H3,(H,13,15). The van der Waals surface area contributed by atoms with Crippen molar-refractivity contribution in [2.24, 2.45) is 5.92 Å². The Labute approximate surface area is 91.7 Å². The van der Waals surface area contributed by atoms with Gasteiger partial charge in [0.15, 0.2) is 0 Å². The van der Waals surface area contributed by atoms with E-state index in [1.165, 1.54) is 31.4 Å². The Bertz CT molecular complexity index is 264. The zero-order chi connectivity index (χ0) is 10.5. The minimum absolute atomic E-state index is 0.665. The van der Waals surface area contributed by atoms with Crippen molar-refractivity contribution in [3.8, 4) is 0 Å². The average Bonchev–Trinajstić information content (AvgIpc) is 2.64. The summed E-state index contributed by atoms with van der Waals surface area (Å²) in [5.74, 6) is 1.000. The fourth-order valence-electron chi connectivity index (χ4n) is 2.19. The van der Waals surface area contributed by atoms with Crippen molar-refractivity contribution in [3.05, 3.63) is 18.2 Å².